The second-order valence-corrected chi connectivity index (χ2v) is 15.6. The first kappa shape index (κ1) is 31.6. The van der Waals surface area contributed by atoms with E-state index >= 15 is 0 Å². The molecule has 1 heterocycles. The van der Waals surface area contributed by atoms with E-state index in [0.717, 1.165) is 50.6 Å². The Morgan fingerprint density at radius 3 is 2.65 bits per heavy atom. The molecule has 5 rings (SSSR count). The summed E-state index contributed by atoms with van der Waals surface area (Å²) in [7, 11) is -3.80. The van der Waals surface area contributed by atoms with Crippen molar-refractivity contribution in [3.63, 3.8) is 0 Å². The molecule has 2 N–H and O–H groups in total. The van der Waals surface area contributed by atoms with Crippen molar-refractivity contribution in [1.82, 2.24) is 4.72 Å². The molecule has 1 aliphatic heterocycles. The third kappa shape index (κ3) is 6.53. The van der Waals surface area contributed by atoms with Crippen LogP contribution in [0.3, 0.4) is 0 Å². The number of aliphatic carboxylic acids is 1. The van der Waals surface area contributed by atoms with Gasteiger partial charge in [0.05, 0.1) is 23.5 Å². The molecule has 0 radical (unpaired) electrons. The topological polar surface area (TPSA) is 113 Å². The molecular formula is C33H43ClN2O6S. The van der Waals surface area contributed by atoms with Gasteiger partial charge in [0.25, 0.3) is 5.91 Å². The van der Waals surface area contributed by atoms with Crippen LogP contribution < -0.4 is 14.4 Å². The number of sulfonamides is 1. The van der Waals surface area contributed by atoms with E-state index in [4.69, 9.17) is 16.3 Å². The monoisotopic (exact) mass is 630 g/mol. The van der Waals surface area contributed by atoms with E-state index in [-0.39, 0.29) is 28.7 Å². The van der Waals surface area contributed by atoms with Gasteiger partial charge < -0.3 is 14.7 Å². The van der Waals surface area contributed by atoms with Crippen LogP contribution in [-0.2, 0) is 26.7 Å². The highest BCUT2D eigenvalue weighted by molar-refractivity contribution is 7.90. The Labute approximate surface area is 260 Å². The number of nitrogens with one attached hydrogen (secondary N) is 1. The van der Waals surface area contributed by atoms with Crippen molar-refractivity contribution in [3.05, 3.63) is 58.1 Å². The first-order valence-electron chi connectivity index (χ1n) is 15.5. The molecule has 43 heavy (non-hydrogen) atoms. The number of rotatable bonds is 10. The summed E-state index contributed by atoms with van der Waals surface area (Å²) in [6, 6.07) is 11.2. The van der Waals surface area contributed by atoms with Crippen molar-refractivity contribution in [1.29, 1.82) is 0 Å². The first-order valence-corrected chi connectivity index (χ1v) is 17.5. The van der Waals surface area contributed by atoms with E-state index in [1.165, 1.54) is 25.0 Å². The molecule has 2 aromatic rings. The average Bonchev–Trinajstić information content (AvgIpc) is 3.09. The predicted molar refractivity (Wildman–Crippen MR) is 169 cm³/mol. The summed E-state index contributed by atoms with van der Waals surface area (Å²) in [5, 5.41) is 10.0. The molecule has 0 saturated heterocycles. The highest BCUT2D eigenvalue weighted by Gasteiger charge is 2.45. The molecule has 0 unspecified atom stereocenters. The number of amides is 1. The third-order valence-corrected chi connectivity index (χ3v) is 11.7. The lowest BCUT2D eigenvalue weighted by Gasteiger charge is -2.46. The largest absolute Gasteiger partial charge is 0.490 e. The molecule has 1 fully saturated rings. The molecule has 1 spiro atoms. The number of anilines is 1. The van der Waals surface area contributed by atoms with Crippen LogP contribution in [0.15, 0.2) is 36.4 Å². The Balaban J connectivity index is 1.51. The molecule has 234 valence electrons. The smallest absolute Gasteiger partial charge is 0.306 e. The van der Waals surface area contributed by atoms with Crippen LogP contribution in [0.25, 0.3) is 0 Å². The zero-order chi connectivity index (χ0) is 30.9. The highest BCUT2D eigenvalue weighted by Crippen LogP contribution is 2.47. The van der Waals surface area contributed by atoms with Gasteiger partial charge in [-0.2, -0.15) is 0 Å². The minimum absolute atomic E-state index is 0.0905. The molecular weight excluding hydrogens is 588 g/mol. The maximum atomic E-state index is 13.1. The molecule has 2 aliphatic carbocycles. The lowest BCUT2D eigenvalue weighted by molar-refractivity contribution is -0.146. The van der Waals surface area contributed by atoms with Crippen LogP contribution in [0.2, 0.25) is 5.02 Å². The fraction of sp³-hybridized carbons (Fsp3) is 0.576. The van der Waals surface area contributed by atoms with Gasteiger partial charge in [-0.3, -0.25) is 9.59 Å². The maximum absolute atomic E-state index is 13.1. The molecule has 1 amide bonds. The quantitative estimate of drug-likeness (QED) is 0.321. The number of benzene rings is 2. The number of hydrogen-bond acceptors (Lipinski definition) is 6. The summed E-state index contributed by atoms with van der Waals surface area (Å²) in [5.41, 5.74) is 3.10. The zero-order valence-corrected chi connectivity index (χ0v) is 26.8. The van der Waals surface area contributed by atoms with Gasteiger partial charge in [-0.05, 0) is 106 Å². The summed E-state index contributed by atoms with van der Waals surface area (Å²) in [4.78, 5) is 27.7. The molecule has 3 aliphatic rings. The SMILES string of the molecule is CCCC[C@H](C(=O)O)[C@@H]1CC[C@H]1CN1C[C@@]2(CCCc3cc(Cl)ccc32)COc2ccc(C(=O)NS(=O)(=O)C(C)C)cc21. The number of hydrogen-bond donors (Lipinski definition) is 2. The van der Waals surface area contributed by atoms with Crippen LogP contribution in [0.1, 0.15) is 87.2 Å². The van der Waals surface area contributed by atoms with Crippen molar-refractivity contribution >= 4 is 39.2 Å². The van der Waals surface area contributed by atoms with E-state index in [0.29, 0.717) is 36.9 Å². The number of carboxylic acid groups (broad SMARTS) is 1. The highest BCUT2D eigenvalue weighted by atomic mass is 35.5. The van der Waals surface area contributed by atoms with Crippen LogP contribution in [0.4, 0.5) is 5.69 Å². The van der Waals surface area contributed by atoms with Crippen LogP contribution in [0, 0.1) is 17.8 Å². The Morgan fingerprint density at radius 2 is 1.98 bits per heavy atom. The summed E-state index contributed by atoms with van der Waals surface area (Å²) in [5.74, 6) is -0.854. The summed E-state index contributed by atoms with van der Waals surface area (Å²) < 4.78 is 33.6. The van der Waals surface area contributed by atoms with Gasteiger partial charge in [0.1, 0.15) is 5.75 Å². The van der Waals surface area contributed by atoms with Gasteiger partial charge in [-0.15, -0.1) is 0 Å². The Hall–Kier alpha value is -2.78. The number of unbranched alkanes of at least 4 members (excludes halogenated alkanes) is 1. The fourth-order valence-electron chi connectivity index (χ4n) is 7.14. The van der Waals surface area contributed by atoms with Crippen LogP contribution >= 0.6 is 11.6 Å². The number of aryl methyl sites for hydroxylation is 1. The number of carbonyl (C=O) groups excluding carboxylic acids is 1. The molecule has 2 aromatic carbocycles. The number of nitrogens with zero attached hydrogens (tertiary/aromatic N) is 1. The molecule has 8 nitrogen and oxygen atoms in total. The molecule has 0 bridgehead atoms. The van der Waals surface area contributed by atoms with Gasteiger partial charge in [0.15, 0.2) is 0 Å². The number of halogens is 1. The van der Waals surface area contributed by atoms with E-state index in [2.05, 4.69) is 22.6 Å². The number of carbonyl (C=O) groups is 2. The molecule has 1 saturated carbocycles. The number of ether oxygens (including phenoxy) is 1. The lowest BCUT2D eigenvalue weighted by Crippen LogP contribution is -2.49. The van der Waals surface area contributed by atoms with E-state index in [9.17, 15) is 23.1 Å². The summed E-state index contributed by atoms with van der Waals surface area (Å²) in [6.45, 7) is 6.87. The van der Waals surface area contributed by atoms with Gasteiger partial charge in [-0.1, -0.05) is 37.4 Å². The summed E-state index contributed by atoms with van der Waals surface area (Å²) >= 11 is 6.38. The Morgan fingerprint density at radius 1 is 1.19 bits per heavy atom. The number of fused-ring (bicyclic) bond motifs is 3. The minimum Gasteiger partial charge on any atom is -0.490 e. The Bertz CT molecular complexity index is 1480. The molecule has 4 atom stereocenters. The van der Waals surface area contributed by atoms with E-state index < -0.39 is 27.1 Å². The normalized spacial score (nSPS) is 23.9. The van der Waals surface area contributed by atoms with Crippen LogP contribution in [0.5, 0.6) is 5.75 Å². The van der Waals surface area contributed by atoms with Crippen molar-refractivity contribution in [2.24, 2.45) is 17.8 Å². The number of carboxylic acids is 1. The lowest BCUT2D eigenvalue weighted by atomic mass is 9.65. The van der Waals surface area contributed by atoms with Crippen molar-refractivity contribution in [3.8, 4) is 5.75 Å². The van der Waals surface area contributed by atoms with E-state index in [1.807, 2.05) is 12.1 Å². The average molecular weight is 631 g/mol. The van der Waals surface area contributed by atoms with Crippen LogP contribution in [-0.4, -0.2) is 50.3 Å². The van der Waals surface area contributed by atoms with Gasteiger partial charge in [0.2, 0.25) is 10.0 Å². The second-order valence-electron chi connectivity index (χ2n) is 12.9. The standard InChI is InChI=1S/C33H43ClN2O6S/c1-4-5-8-27(32(38)39)26-12-9-24(26)18-36-19-33(15-6-7-22-16-25(34)11-13-28(22)33)20-42-30-14-10-23(17-29(30)36)31(37)35-43(40,41)21(2)3/h10-11,13-14,16-17,21,24,26-27H,4-9,12,15,18-20H2,1-3H3,(H,35,37)(H,38,39)/t24-,26+,27-,33-/m0/s1. The van der Waals surface area contributed by atoms with Gasteiger partial charge >= 0.3 is 5.97 Å². The molecule has 10 heteroatoms. The van der Waals surface area contributed by atoms with Crippen molar-refractivity contribution in [2.45, 2.75) is 82.8 Å². The minimum atomic E-state index is -3.80. The van der Waals surface area contributed by atoms with Crippen molar-refractivity contribution < 1.29 is 27.9 Å². The summed E-state index contributed by atoms with van der Waals surface area (Å²) in [6.07, 6.45) is 7.23. The third-order valence-electron chi connectivity index (χ3n) is 9.79. The predicted octanol–water partition coefficient (Wildman–Crippen LogP) is 6.20. The fourth-order valence-corrected chi connectivity index (χ4v) is 7.95. The van der Waals surface area contributed by atoms with E-state index in [1.54, 1.807) is 18.2 Å². The van der Waals surface area contributed by atoms with Crippen molar-refractivity contribution in [2.75, 3.05) is 24.6 Å². The van der Waals surface area contributed by atoms with Gasteiger partial charge in [0, 0.05) is 29.1 Å². The molecule has 0 aromatic heterocycles. The maximum Gasteiger partial charge on any atom is 0.306 e. The first-order chi connectivity index (χ1) is 20.4. The second kappa shape index (κ2) is 12.7. The zero-order valence-electron chi connectivity index (χ0n) is 25.3. The van der Waals surface area contributed by atoms with Gasteiger partial charge in [-0.25, -0.2) is 13.1 Å². The Kier molecular flexibility index (Phi) is 9.33.